The smallest absolute Gasteiger partial charge is 0.314 e. The van der Waals surface area contributed by atoms with E-state index in [1.54, 1.807) is 0 Å². The molecule has 0 spiro atoms. The molecule has 0 heterocycles. The average molecular weight is 320 g/mol. The Morgan fingerprint density at radius 3 is 2.36 bits per heavy atom. The van der Waals surface area contributed by atoms with Gasteiger partial charge in [0.1, 0.15) is 0 Å². The van der Waals surface area contributed by atoms with Crippen LogP contribution in [0.3, 0.4) is 0 Å². The van der Waals surface area contributed by atoms with Gasteiger partial charge in [0.25, 0.3) is 0 Å². The molecule has 0 unspecified atom stereocenters. The maximum Gasteiger partial charge on any atom is 0.314 e. The van der Waals surface area contributed by atoms with Crippen molar-refractivity contribution in [1.29, 1.82) is 0 Å². The quantitative estimate of drug-likeness (QED) is 0.908. The van der Waals surface area contributed by atoms with E-state index >= 15 is 0 Å². The molecule has 1 aromatic rings. The van der Waals surface area contributed by atoms with Crippen molar-refractivity contribution in [2.75, 3.05) is 0 Å². The number of hydrogen-bond donors (Lipinski definition) is 1. The number of carboxylic acids is 1. The first kappa shape index (κ1) is 10.2. The van der Waals surface area contributed by atoms with Crippen LogP contribution in [-0.4, -0.2) is 11.1 Å². The van der Waals surface area contributed by atoms with E-state index in [0.29, 0.717) is 0 Å². The monoisotopic (exact) mass is 318 g/mol. The molecule has 0 amide bonds. The van der Waals surface area contributed by atoms with Gasteiger partial charge in [0.15, 0.2) is 0 Å². The molecule has 4 heteroatoms. The lowest BCUT2D eigenvalue weighted by atomic mass is 9.96. The summed E-state index contributed by atoms with van der Waals surface area (Å²) in [7, 11) is 0. The van der Waals surface area contributed by atoms with Crippen molar-refractivity contribution in [3.8, 4) is 0 Å². The van der Waals surface area contributed by atoms with E-state index in [4.69, 9.17) is 5.11 Å². The molecule has 0 aliphatic heterocycles. The largest absolute Gasteiger partial charge is 0.481 e. The molecule has 0 aromatic heterocycles. The van der Waals surface area contributed by atoms with Gasteiger partial charge in [-0.3, -0.25) is 4.79 Å². The van der Waals surface area contributed by atoms with E-state index in [1.807, 2.05) is 18.2 Å². The van der Waals surface area contributed by atoms with Crippen molar-refractivity contribution in [1.82, 2.24) is 0 Å². The lowest BCUT2D eigenvalue weighted by Gasteiger charge is -2.10. The SMILES string of the molecule is O=C(O)C1(c2ccc(Br)c(Br)c2)CC1. The topological polar surface area (TPSA) is 37.3 Å². The molecule has 74 valence electrons. The number of carboxylic acid groups (broad SMARTS) is 1. The molecular formula is C10H8Br2O2. The van der Waals surface area contributed by atoms with E-state index < -0.39 is 11.4 Å². The standard InChI is InChI=1S/C10H8Br2O2/c11-7-2-1-6(5-8(7)12)10(3-4-10)9(13)14/h1-2,5H,3-4H2,(H,13,14). The first-order valence-electron chi connectivity index (χ1n) is 4.25. The van der Waals surface area contributed by atoms with Crippen LogP contribution in [0, 0.1) is 0 Å². The summed E-state index contributed by atoms with van der Waals surface area (Å²) < 4.78 is 1.85. The number of rotatable bonds is 2. The Morgan fingerprint density at radius 1 is 1.29 bits per heavy atom. The van der Waals surface area contributed by atoms with Gasteiger partial charge in [-0.2, -0.15) is 0 Å². The van der Waals surface area contributed by atoms with Crippen LogP contribution < -0.4 is 0 Å². The third-order valence-electron chi connectivity index (χ3n) is 2.63. The van der Waals surface area contributed by atoms with Crippen molar-refractivity contribution < 1.29 is 9.90 Å². The van der Waals surface area contributed by atoms with Gasteiger partial charge in [-0.05, 0) is 62.4 Å². The summed E-state index contributed by atoms with van der Waals surface area (Å²) in [6, 6.07) is 5.63. The Kier molecular flexibility index (Phi) is 2.43. The van der Waals surface area contributed by atoms with Crippen molar-refractivity contribution in [3.63, 3.8) is 0 Å². The second-order valence-electron chi connectivity index (χ2n) is 3.52. The molecule has 1 aromatic carbocycles. The summed E-state index contributed by atoms with van der Waals surface area (Å²) >= 11 is 6.73. The molecular weight excluding hydrogens is 312 g/mol. The van der Waals surface area contributed by atoms with Gasteiger partial charge in [0, 0.05) is 8.95 Å². The fourth-order valence-electron chi connectivity index (χ4n) is 1.54. The minimum Gasteiger partial charge on any atom is -0.481 e. The molecule has 0 atom stereocenters. The molecule has 14 heavy (non-hydrogen) atoms. The normalized spacial score (nSPS) is 17.9. The number of benzene rings is 1. The molecule has 1 aliphatic rings. The number of carbonyl (C=O) groups is 1. The summed E-state index contributed by atoms with van der Waals surface area (Å²) in [5, 5.41) is 9.09. The fraction of sp³-hybridized carbons (Fsp3) is 0.300. The zero-order valence-electron chi connectivity index (χ0n) is 7.26. The predicted octanol–water partition coefficient (Wildman–Crippen LogP) is 3.33. The van der Waals surface area contributed by atoms with Gasteiger partial charge in [-0.15, -0.1) is 0 Å². The Balaban J connectivity index is 2.43. The van der Waals surface area contributed by atoms with Crippen LogP contribution in [0.15, 0.2) is 27.1 Å². The van der Waals surface area contributed by atoms with Gasteiger partial charge in [0.05, 0.1) is 5.41 Å². The van der Waals surface area contributed by atoms with Crippen molar-refractivity contribution >= 4 is 37.8 Å². The predicted molar refractivity (Wildman–Crippen MR) is 60.4 cm³/mol. The van der Waals surface area contributed by atoms with E-state index in [2.05, 4.69) is 31.9 Å². The number of hydrogen-bond acceptors (Lipinski definition) is 1. The van der Waals surface area contributed by atoms with Gasteiger partial charge in [-0.25, -0.2) is 0 Å². The highest BCUT2D eigenvalue weighted by molar-refractivity contribution is 9.13. The van der Waals surface area contributed by atoms with Gasteiger partial charge < -0.3 is 5.11 Å². The third kappa shape index (κ3) is 1.50. The molecule has 1 fully saturated rings. The van der Waals surface area contributed by atoms with Crippen LogP contribution in [0.1, 0.15) is 18.4 Å². The highest BCUT2D eigenvalue weighted by atomic mass is 79.9. The molecule has 2 rings (SSSR count). The van der Waals surface area contributed by atoms with Crippen LogP contribution >= 0.6 is 31.9 Å². The summed E-state index contributed by atoms with van der Waals surface area (Å²) in [4.78, 5) is 11.1. The van der Waals surface area contributed by atoms with E-state index in [1.165, 1.54) is 0 Å². The fourth-order valence-corrected chi connectivity index (χ4v) is 2.17. The average Bonchev–Trinajstić information content (AvgIpc) is 2.90. The van der Waals surface area contributed by atoms with Crippen LogP contribution in [-0.2, 0) is 10.2 Å². The zero-order valence-corrected chi connectivity index (χ0v) is 10.4. The Hall–Kier alpha value is -0.350. The van der Waals surface area contributed by atoms with Gasteiger partial charge in [-0.1, -0.05) is 6.07 Å². The first-order chi connectivity index (χ1) is 6.56. The maximum atomic E-state index is 11.1. The molecule has 0 saturated heterocycles. The lowest BCUT2D eigenvalue weighted by Crippen LogP contribution is -2.19. The van der Waals surface area contributed by atoms with E-state index in [9.17, 15) is 4.79 Å². The Bertz CT molecular complexity index is 397. The minimum atomic E-state index is -0.716. The summed E-state index contributed by atoms with van der Waals surface area (Å²) in [6.45, 7) is 0. The molecule has 0 bridgehead atoms. The van der Waals surface area contributed by atoms with E-state index in [0.717, 1.165) is 27.4 Å². The second kappa shape index (κ2) is 3.35. The minimum absolute atomic E-state index is 0.608. The van der Waals surface area contributed by atoms with Crippen LogP contribution in [0.25, 0.3) is 0 Å². The summed E-state index contributed by atoms with van der Waals surface area (Å²) in [5.74, 6) is -0.716. The van der Waals surface area contributed by atoms with Crippen molar-refractivity contribution in [3.05, 3.63) is 32.7 Å². The third-order valence-corrected chi connectivity index (χ3v) is 4.51. The molecule has 0 radical (unpaired) electrons. The van der Waals surface area contributed by atoms with Crippen LogP contribution in [0.5, 0.6) is 0 Å². The van der Waals surface area contributed by atoms with Crippen LogP contribution in [0.2, 0.25) is 0 Å². The van der Waals surface area contributed by atoms with Crippen molar-refractivity contribution in [2.24, 2.45) is 0 Å². The molecule has 1 saturated carbocycles. The highest BCUT2D eigenvalue weighted by Gasteiger charge is 2.51. The van der Waals surface area contributed by atoms with Gasteiger partial charge >= 0.3 is 5.97 Å². The van der Waals surface area contributed by atoms with Gasteiger partial charge in [0.2, 0.25) is 0 Å². The number of halogens is 2. The Labute approximate surface area is 98.6 Å². The van der Waals surface area contributed by atoms with E-state index in [-0.39, 0.29) is 0 Å². The van der Waals surface area contributed by atoms with Crippen LogP contribution in [0.4, 0.5) is 0 Å². The first-order valence-corrected chi connectivity index (χ1v) is 5.84. The second-order valence-corrected chi connectivity index (χ2v) is 5.22. The van der Waals surface area contributed by atoms with Crippen molar-refractivity contribution in [2.45, 2.75) is 18.3 Å². The maximum absolute atomic E-state index is 11.1. The summed E-state index contributed by atoms with van der Waals surface area (Å²) in [5.41, 5.74) is 0.281. The molecule has 1 N–H and O–H groups in total. The molecule has 1 aliphatic carbocycles. The molecule has 2 nitrogen and oxygen atoms in total. The summed E-state index contributed by atoms with van der Waals surface area (Å²) in [6.07, 6.45) is 1.49. The highest BCUT2D eigenvalue weighted by Crippen LogP contribution is 2.49. The Morgan fingerprint density at radius 2 is 1.93 bits per heavy atom. The zero-order chi connectivity index (χ0) is 10.3. The lowest BCUT2D eigenvalue weighted by molar-refractivity contribution is -0.140. The number of aliphatic carboxylic acids is 1.